The predicted molar refractivity (Wildman–Crippen MR) is 88.1 cm³/mol. The Hall–Kier alpha value is -1.88. The zero-order chi connectivity index (χ0) is 14.4. The second kappa shape index (κ2) is 4.84. The van der Waals surface area contributed by atoms with Crippen LogP contribution in [0.2, 0.25) is 0 Å². The van der Waals surface area contributed by atoms with Gasteiger partial charge >= 0.3 is 0 Å². The molecule has 0 bridgehead atoms. The third kappa shape index (κ3) is 2.03. The van der Waals surface area contributed by atoms with E-state index in [2.05, 4.69) is 34.1 Å². The lowest BCUT2D eigenvalue weighted by molar-refractivity contribution is 0.918. The molecule has 106 valence electrons. The van der Waals surface area contributed by atoms with Crippen molar-refractivity contribution in [2.75, 3.05) is 11.2 Å². The van der Waals surface area contributed by atoms with Gasteiger partial charge in [0.2, 0.25) is 0 Å². The SMILES string of the molecule is CSC1=Nc2c(C)ccnc2N(C2CC2)c2ncccc21. The van der Waals surface area contributed by atoms with E-state index in [-0.39, 0.29) is 0 Å². The van der Waals surface area contributed by atoms with E-state index in [1.165, 1.54) is 12.8 Å². The minimum atomic E-state index is 0.503. The lowest BCUT2D eigenvalue weighted by Gasteiger charge is -2.24. The van der Waals surface area contributed by atoms with Crippen LogP contribution in [0.1, 0.15) is 24.0 Å². The van der Waals surface area contributed by atoms with Gasteiger partial charge in [0.05, 0.1) is 0 Å². The highest BCUT2D eigenvalue weighted by molar-refractivity contribution is 8.13. The zero-order valence-corrected chi connectivity index (χ0v) is 12.9. The summed E-state index contributed by atoms with van der Waals surface area (Å²) in [6.07, 6.45) is 8.17. The molecule has 4 nitrogen and oxygen atoms in total. The van der Waals surface area contributed by atoms with Crippen molar-refractivity contribution >= 4 is 34.1 Å². The molecule has 1 saturated carbocycles. The van der Waals surface area contributed by atoms with Crippen LogP contribution >= 0.6 is 11.8 Å². The molecule has 1 aliphatic heterocycles. The number of nitrogens with zero attached hydrogens (tertiary/aromatic N) is 4. The molecule has 5 heteroatoms. The lowest BCUT2D eigenvalue weighted by atomic mass is 10.2. The fourth-order valence-electron chi connectivity index (χ4n) is 2.70. The van der Waals surface area contributed by atoms with Gasteiger partial charge in [0.15, 0.2) is 5.82 Å². The molecule has 0 radical (unpaired) electrons. The lowest BCUT2D eigenvalue weighted by Crippen LogP contribution is -2.23. The summed E-state index contributed by atoms with van der Waals surface area (Å²) in [6, 6.07) is 6.61. The van der Waals surface area contributed by atoms with Crippen LogP contribution in [0.15, 0.2) is 35.6 Å². The highest BCUT2D eigenvalue weighted by atomic mass is 32.2. The van der Waals surface area contributed by atoms with Gasteiger partial charge in [-0.2, -0.15) is 0 Å². The molecule has 0 saturated heterocycles. The van der Waals surface area contributed by atoms with Crippen molar-refractivity contribution in [1.82, 2.24) is 9.97 Å². The van der Waals surface area contributed by atoms with Gasteiger partial charge in [0, 0.05) is 24.0 Å². The van der Waals surface area contributed by atoms with E-state index in [0.717, 1.165) is 33.5 Å². The van der Waals surface area contributed by atoms with Gasteiger partial charge in [-0.05, 0) is 49.8 Å². The maximum atomic E-state index is 4.89. The Labute approximate surface area is 128 Å². The van der Waals surface area contributed by atoms with Gasteiger partial charge in [-0.25, -0.2) is 15.0 Å². The number of fused-ring (bicyclic) bond motifs is 2. The average Bonchev–Trinajstić information content (AvgIpc) is 3.32. The van der Waals surface area contributed by atoms with Crippen molar-refractivity contribution in [2.24, 2.45) is 4.99 Å². The number of hydrogen-bond donors (Lipinski definition) is 0. The first kappa shape index (κ1) is 12.8. The smallest absolute Gasteiger partial charge is 0.160 e. The molecule has 0 spiro atoms. The van der Waals surface area contributed by atoms with Crippen LogP contribution in [-0.2, 0) is 0 Å². The maximum absolute atomic E-state index is 4.89. The average molecular weight is 296 g/mol. The van der Waals surface area contributed by atoms with Crippen LogP contribution < -0.4 is 4.90 Å². The minimum absolute atomic E-state index is 0.503. The summed E-state index contributed by atoms with van der Waals surface area (Å²) in [4.78, 5) is 16.4. The van der Waals surface area contributed by atoms with E-state index in [0.29, 0.717) is 6.04 Å². The minimum Gasteiger partial charge on any atom is -0.306 e. The van der Waals surface area contributed by atoms with Crippen LogP contribution in [0.25, 0.3) is 0 Å². The largest absolute Gasteiger partial charge is 0.306 e. The fourth-order valence-corrected chi connectivity index (χ4v) is 3.26. The molecule has 3 heterocycles. The number of hydrogen-bond acceptors (Lipinski definition) is 5. The molecular weight excluding hydrogens is 280 g/mol. The molecule has 0 amide bonds. The van der Waals surface area contributed by atoms with Crippen LogP contribution in [0.5, 0.6) is 0 Å². The van der Waals surface area contributed by atoms with Crippen LogP contribution in [0.4, 0.5) is 17.3 Å². The van der Waals surface area contributed by atoms with Gasteiger partial charge in [-0.1, -0.05) is 0 Å². The highest BCUT2D eigenvalue weighted by Crippen LogP contribution is 2.45. The second-order valence-corrected chi connectivity index (χ2v) is 6.19. The van der Waals surface area contributed by atoms with Crippen molar-refractivity contribution in [3.05, 3.63) is 41.7 Å². The molecule has 1 fully saturated rings. The standard InChI is InChI=1S/C16H16N4S/c1-10-7-9-18-15-13(10)19-16(21-2)12-4-3-8-17-14(12)20(15)11-5-6-11/h3-4,7-9,11H,5-6H2,1-2H3. The van der Waals surface area contributed by atoms with Gasteiger partial charge in [-0.3, -0.25) is 0 Å². The van der Waals surface area contributed by atoms with Crippen molar-refractivity contribution in [1.29, 1.82) is 0 Å². The number of anilines is 2. The quantitative estimate of drug-likeness (QED) is 0.801. The van der Waals surface area contributed by atoms with Gasteiger partial charge in [0.1, 0.15) is 16.5 Å². The summed E-state index contributed by atoms with van der Waals surface area (Å²) in [5, 5.41) is 1.01. The van der Waals surface area contributed by atoms with Gasteiger partial charge in [-0.15, -0.1) is 11.8 Å². The van der Waals surface area contributed by atoms with E-state index in [1.54, 1.807) is 11.8 Å². The number of aromatic nitrogens is 2. The summed E-state index contributed by atoms with van der Waals surface area (Å²) < 4.78 is 0. The van der Waals surface area contributed by atoms with Crippen LogP contribution in [0.3, 0.4) is 0 Å². The zero-order valence-electron chi connectivity index (χ0n) is 12.1. The van der Waals surface area contributed by atoms with Crippen molar-refractivity contribution < 1.29 is 0 Å². The summed E-state index contributed by atoms with van der Waals surface area (Å²) in [7, 11) is 0. The highest BCUT2D eigenvalue weighted by Gasteiger charge is 2.36. The van der Waals surface area contributed by atoms with Crippen LogP contribution in [0, 0.1) is 6.92 Å². The molecular formula is C16H16N4S. The maximum Gasteiger partial charge on any atom is 0.160 e. The number of pyridine rings is 2. The van der Waals surface area contributed by atoms with Gasteiger partial charge in [0.25, 0.3) is 0 Å². The molecule has 0 N–H and O–H groups in total. The number of aliphatic imine (C=N–C) groups is 1. The van der Waals surface area contributed by atoms with E-state index in [4.69, 9.17) is 4.99 Å². The van der Waals surface area contributed by atoms with E-state index in [9.17, 15) is 0 Å². The monoisotopic (exact) mass is 296 g/mol. The Morgan fingerprint density at radius 2 is 1.95 bits per heavy atom. The molecule has 2 aliphatic rings. The Bertz CT molecular complexity index is 737. The Morgan fingerprint density at radius 3 is 2.71 bits per heavy atom. The van der Waals surface area contributed by atoms with Crippen molar-refractivity contribution in [3.8, 4) is 0 Å². The first-order chi connectivity index (χ1) is 10.3. The third-order valence-electron chi connectivity index (χ3n) is 3.90. The van der Waals surface area contributed by atoms with E-state index >= 15 is 0 Å². The molecule has 2 aromatic rings. The number of aryl methyl sites for hydroxylation is 1. The first-order valence-corrected chi connectivity index (χ1v) is 8.35. The molecule has 0 unspecified atom stereocenters. The Balaban J connectivity index is 2.04. The number of thioether (sulfide) groups is 1. The van der Waals surface area contributed by atoms with Gasteiger partial charge < -0.3 is 4.90 Å². The molecule has 2 aromatic heterocycles. The summed E-state index contributed by atoms with van der Waals surface area (Å²) in [5.41, 5.74) is 3.24. The Morgan fingerprint density at radius 1 is 1.14 bits per heavy atom. The Kier molecular flexibility index (Phi) is 2.96. The van der Waals surface area contributed by atoms with Crippen molar-refractivity contribution in [3.63, 3.8) is 0 Å². The normalized spacial score (nSPS) is 16.9. The fraction of sp³-hybridized carbons (Fsp3) is 0.312. The second-order valence-electron chi connectivity index (χ2n) is 5.40. The predicted octanol–water partition coefficient (Wildman–Crippen LogP) is 3.84. The van der Waals surface area contributed by atoms with Crippen LogP contribution in [-0.4, -0.2) is 27.3 Å². The first-order valence-electron chi connectivity index (χ1n) is 7.12. The number of rotatable bonds is 1. The molecule has 21 heavy (non-hydrogen) atoms. The topological polar surface area (TPSA) is 41.4 Å². The van der Waals surface area contributed by atoms with E-state index < -0.39 is 0 Å². The molecule has 0 aromatic carbocycles. The summed E-state index contributed by atoms with van der Waals surface area (Å²) >= 11 is 1.66. The summed E-state index contributed by atoms with van der Waals surface area (Å²) in [6.45, 7) is 2.09. The molecule has 1 aliphatic carbocycles. The molecule has 4 rings (SSSR count). The third-order valence-corrected chi connectivity index (χ3v) is 4.60. The molecule has 0 atom stereocenters. The van der Waals surface area contributed by atoms with Crippen molar-refractivity contribution in [2.45, 2.75) is 25.8 Å². The van der Waals surface area contributed by atoms with E-state index in [1.807, 2.05) is 24.5 Å². The summed E-state index contributed by atoms with van der Waals surface area (Å²) in [5.74, 6) is 1.94.